The average Bonchev–Trinajstić information content (AvgIpc) is 3.37. The zero-order valence-corrected chi connectivity index (χ0v) is 20.3. The topological polar surface area (TPSA) is 139 Å². The molecule has 0 aliphatic carbocycles. The Morgan fingerprint density at radius 2 is 1.76 bits per heavy atom. The van der Waals surface area contributed by atoms with E-state index in [0.717, 1.165) is 22.3 Å². The standard InChI is InChI=1S/C28H27N7O2/c1-19(21-9-7-20(13-29)8-10-21)14-32-27(22-5-3-2-4-6-22)28(37)34-26-12-11-23(15-31-26)24-16-33-35(17-24)18-25(30)36/h2-12,15-17,19,27,32H,14,18H2,1H3,(H2,30,36)(H,31,34,37)/t19-,27+/m1/s1. The number of amides is 2. The predicted octanol–water partition coefficient (Wildman–Crippen LogP) is 3.38. The molecular weight excluding hydrogens is 466 g/mol. The molecule has 2 atom stereocenters. The molecule has 2 aromatic heterocycles. The van der Waals surface area contributed by atoms with Crippen LogP contribution in [0.15, 0.2) is 85.3 Å². The smallest absolute Gasteiger partial charge is 0.247 e. The molecule has 186 valence electrons. The van der Waals surface area contributed by atoms with E-state index in [9.17, 15) is 9.59 Å². The fourth-order valence-corrected chi connectivity index (χ4v) is 3.90. The molecule has 2 heterocycles. The Hall–Kier alpha value is -4.81. The Morgan fingerprint density at radius 3 is 2.41 bits per heavy atom. The van der Waals surface area contributed by atoms with Crippen LogP contribution < -0.4 is 16.4 Å². The van der Waals surface area contributed by atoms with Crippen LogP contribution in [-0.2, 0) is 16.1 Å². The second-order valence-corrected chi connectivity index (χ2v) is 8.70. The Morgan fingerprint density at radius 1 is 1.00 bits per heavy atom. The highest BCUT2D eigenvalue weighted by Crippen LogP contribution is 2.22. The van der Waals surface area contributed by atoms with Crippen molar-refractivity contribution in [2.75, 3.05) is 11.9 Å². The first kappa shape index (κ1) is 25.3. The number of nitriles is 1. The van der Waals surface area contributed by atoms with Gasteiger partial charge in [-0.1, -0.05) is 49.4 Å². The highest BCUT2D eigenvalue weighted by atomic mass is 16.2. The van der Waals surface area contributed by atoms with E-state index in [1.54, 1.807) is 36.8 Å². The van der Waals surface area contributed by atoms with Crippen LogP contribution in [0.2, 0.25) is 0 Å². The Bertz CT molecular complexity index is 1390. The highest BCUT2D eigenvalue weighted by molar-refractivity contribution is 5.95. The predicted molar refractivity (Wildman–Crippen MR) is 140 cm³/mol. The minimum atomic E-state index is -0.587. The Kier molecular flexibility index (Phi) is 8.03. The van der Waals surface area contributed by atoms with Crippen LogP contribution in [-0.4, -0.2) is 33.1 Å². The van der Waals surface area contributed by atoms with Gasteiger partial charge in [-0.15, -0.1) is 0 Å². The number of rotatable bonds is 10. The molecule has 0 aliphatic heterocycles. The van der Waals surface area contributed by atoms with E-state index in [1.165, 1.54) is 4.68 Å². The fourth-order valence-electron chi connectivity index (χ4n) is 3.90. The number of anilines is 1. The van der Waals surface area contributed by atoms with Gasteiger partial charge in [-0.25, -0.2) is 4.98 Å². The number of hydrogen-bond donors (Lipinski definition) is 3. The lowest BCUT2D eigenvalue weighted by Gasteiger charge is -2.21. The number of hydrogen-bond acceptors (Lipinski definition) is 6. The molecule has 4 aromatic rings. The maximum absolute atomic E-state index is 13.3. The summed E-state index contributed by atoms with van der Waals surface area (Å²) in [5.74, 6) is -0.160. The van der Waals surface area contributed by atoms with Crippen molar-refractivity contribution < 1.29 is 9.59 Å². The van der Waals surface area contributed by atoms with Gasteiger partial charge < -0.3 is 16.4 Å². The number of benzene rings is 2. The molecule has 0 fully saturated rings. The van der Waals surface area contributed by atoms with Crippen LogP contribution >= 0.6 is 0 Å². The van der Waals surface area contributed by atoms with Crippen molar-refractivity contribution in [1.82, 2.24) is 20.1 Å². The summed E-state index contributed by atoms with van der Waals surface area (Å²) in [6.45, 7) is 2.62. The molecule has 0 saturated heterocycles. The number of pyridine rings is 1. The minimum Gasteiger partial charge on any atom is -0.368 e. The number of nitrogens with one attached hydrogen (secondary N) is 2. The molecule has 0 spiro atoms. The van der Waals surface area contributed by atoms with Crippen molar-refractivity contribution >= 4 is 17.6 Å². The van der Waals surface area contributed by atoms with Crippen molar-refractivity contribution in [1.29, 1.82) is 5.26 Å². The van der Waals surface area contributed by atoms with Gasteiger partial charge in [0.15, 0.2) is 0 Å². The summed E-state index contributed by atoms with van der Waals surface area (Å²) < 4.78 is 1.46. The summed E-state index contributed by atoms with van der Waals surface area (Å²) in [6, 6.07) is 22.1. The summed E-state index contributed by atoms with van der Waals surface area (Å²) in [5, 5.41) is 19.4. The van der Waals surface area contributed by atoms with Crippen LogP contribution in [0.1, 0.15) is 35.6 Å². The van der Waals surface area contributed by atoms with Gasteiger partial charge in [0.05, 0.1) is 17.8 Å². The second-order valence-electron chi connectivity index (χ2n) is 8.70. The number of carbonyl (C=O) groups is 2. The molecular formula is C28H27N7O2. The molecule has 2 aromatic carbocycles. The summed E-state index contributed by atoms with van der Waals surface area (Å²) in [4.78, 5) is 28.8. The molecule has 9 nitrogen and oxygen atoms in total. The lowest BCUT2D eigenvalue weighted by molar-refractivity contribution is -0.119. The van der Waals surface area contributed by atoms with E-state index >= 15 is 0 Å². The van der Waals surface area contributed by atoms with Crippen molar-refractivity contribution in [3.63, 3.8) is 0 Å². The molecule has 37 heavy (non-hydrogen) atoms. The van der Waals surface area contributed by atoms with Crippen molar-refractivity contribution in [3.8, 4) is 17.2 Å². The van der Waals surface area contributed by atoms with Crippen LogP contribution in [0.3, 0.4) is 0 Å². The van der Waals surface area contributed by atoms with Crippen molar-refractivity contribution in [3.05, 3.63) is 102 Å². The van der Waals surface area contributed by atoms with Gasteiger partial charge in [-0.2, -0.15) is 10.4 Å². The number of aromatic nitrogens is 3. The molecule has 0 bridgehead atoms. The third-order valence-electron chi connectivity index (χ3n) is 5.93. The van der Waals surface area contributed by atoms with E-state index in [2.05, 4.69) is 33.7 Å². The van der Waals surface area contributed by atoms with Crippen LogP contribution in [0.25, 0.3) is 11.1 Å². The number of nitrogens with zero attached hydrogens (tertiary/aromatic N) is 4. The van der Waals surface area contributed by atoms with Crippen molar-refractivity contribution in [2.45, 2.75) is 25.4 Å². The average molecular weight is 494 g/mol. The van der Waals surface area contributed by atoms with Gasteiger partial charge in [0.1, 0.15) is 18.4 Å². The summed E-state index contributed by atoms with van der Waals surface area (Å²) in [5.41, 5.74) is 9.33. The van der Waals surface area contributed by atoms with Gasteiger partial charge in [0.25, 0.3) is 0 Å². The largest absolute Gasteiger partial charge is 0.368 e. The Labute approximate surface area is 215 Å². The quantitative estimate of drug-likeness (QED) is 0.310. The van der Waals surface area contributed by atoms with Gasteiger partial charge in [0.2, 0.25) is 11.8 Å². The van der Waals surface area contributed by atoms with Gasteiger partial charge in [-0.3, -0.25) is 14.3 Å². The van der Waals surface area contributed by atoms with Gasteiger partial charge >= 0.3 is 0 Å². The lowest BCUT2D eigenvalue weighted by atomic mass is 9.98. The second kappa shape index (κ2) is 11.7. The summed E-state index contributed by atoms with van der Waals surface area (Å²) in [6.07, 6.45) is 4.98. The fraction of sp³-hybridized carbons (Fsp3) is 0.179. The van der Waals surface area contributed by atoms with Crippen LogP contribution in [0.5, 0.6) is 0 Å². The zero-order chi connectivity index (χ0) is 26.2. The summed E-state index contributed by atoms with van der Waals surface area (Å²) in [7, 11) is 0. The maximum atomic E-state index is 13.3. The number of nitrogens with two attached hydrogens (primary N) is 1. The number of primary amides is 1. The number of carbonyl (C=O) groups excluding carboxylic acids is 2. The minimum absolute atomic E-state index is 0.000756. The maximum Gasteiger partial charge on any atom is 0.247 e. The summed E-state index contributed by atoms with van der Waals surface area (Å²) >= 11 is 0. The first-order valence-corrected chi connectivity index (χ1v) is 11.8. The van der Waals surface area contributed by atoms with Crippen LogP contribution in [0.4, 0.5) is 5.82 Å². The Balaban J connectivity index is 1.44. The monoisotopic (exact) mass is 493 g/mol. The first-order chi connectivity index (χ1) is 17.9. The molecule has 0 unspecified atom stereocenters. The lowest BCUT2D eigenvalue weighted by Crippen LogP contribution is -2.35. The molecule has 0 saturated carbocycles. The third-order valence-corrected chi connectivity index (χ3v) is 5.93. The van der Waals surface area contributed by atoms with E-state index in [0.29, 0.717) is 17.9 Å². The van der Waals surface area contributed by atoms with Crippen molar-refractivity contribution in [2.24, 2.45) is 5.73 Å². The van der Waals surface area contributed by atoms with E-state index < -0.39 is 11.9 Å². The highest BCUT2D eigenvalue weighted by Gasteiger charge is 2.22. The SMILES string of the molecule is C[C@H](CN[C@H](C(=O)Nc1ccc(-c2cnn(CC(N)=O)c2)cn1)c1ccccc1)c1ccc(C#N)cc1. The molecule has 0 aliphatic rings. The molecule has 4 N–H and O–H groups in total. The van der Waals surface area contributed by atoms with E-state index in [4.69, 9.17) is 11.0 Å². The molecule has 4 rings (SSSR count). The van der Waals surface area contributed by atoms with Gasteiger partial charge in [0, 0.05) is 30.1 Å². The van der Waals surface area contributed by atoms with Crippen LogP contribution in [0, 0.1) is 11.3 Å². The van der Waals surface area contributed by atoms with E-state index in [1.807, 2.05) is 48.5 Å². The third kappa shape index (κ3) is 6.66. The molecule has 0 radical (unpaired) electrons. The molecule has 2 amide bonds. The van der Waals surface area contributed by atoms with Gasteiger partial charge in [-0.05, 0) is 41.3 Å². The molecule has 9 heteroatoms. The normalized spacial score (nSPS) is 12.3. The van der Waals surface area contributed by atoms with E-state index in [-0.39, 0.29) is 18.4 Å². The zero-order valence-electron chi connectivity index (χ0n) is 20.3. The first-order valence-electron chi connectivity index (χ1n) is 11.8.